The molecular formula is C17H22N6OS2. The van der Waals surface area contributed by atoms with E-state index in [-0.39, 0.29) is 17.1 Å². The first-order chi connectivity index (χ1) is 12.3. The van der Waals surface area contributed by atoms with Crippen LogP contribution in [-0.4, -0.2) is 31.9 Å². The lowest BCUT2D eigenvalue weighted by Gasteiger charge is -2.33. The number of carbonyl (C=O) groups excluding carboxylic acids is 1. The van der Waals surface area contributed by atoms with Gasteiger partial charge >= 0.3 is 0 Å². The molecule has 2 aromatic heterocycles. The fraction of sp³-hybridized carbons (Fsp3) is 0.588. The third-order valence-electron chi connectivity index (χ3n) is 4.77. The van der Waals surface area contributed by atoms with E-state index >= 15 is 0 Å². The van der Waals surface area contributed by atoms with E-state index in [1.54, 1.807) is 18.4 Å². The van der Waals surface area contributed by atoms with E-state index in [0.29, 0.717) is 21.6 Å². The molecule has 0 spiro atoms. The third kappa shape index (κ3) is 3.91. The summed E-state index contributed by atoms with van der Waals surface area (Å²) in [7, 11) is 1.73. The second-order valence-electron chi connectivity index (χ2n) is 7.55. The zero-order chi connectivity index (χ0) is 18.9. The number of amides is 1. The summed E-state index contributed by atoms with van der Waals surface area (Å²) in [5.74, 6) is 0.648. The molecule has 1 aliphatic rings. The van der Waals surface area contributed by atoms with E-state index in [1.165, 1.54) is 21.3 Å². The lowest BCUT2D eigenvalue weighted by molar-refractivity contribution is -0.113. The first-order valence-corrected chi connectivity index (χ1v) is 10.3. The number of thioether (sulfide) groups is 1. The maximum atomic E-state index is 12.3. The van der Waals surface area contributed by atoms with Gasteiger partial charge in [0.1, 0.15) is 11.1 Å². The standard InChI is InChI=1S/C17H22N6OS2/c1-17(2,3)10-5-6-11-12(8-18)15(26-13(11)7-10)19-14(24)9-25-16-20-21-22-23(16)4/h10H,5-7,9H2,1-4H3,(H,19,24)/t10-/m0/s1. The third-order valence-corrected chi connectivity index (χ3v) is 6.95. The minimum absolute atomic E-state index is 0.152. The monoisotopic (exact) mass is 390 g/mol. The van der Waals surface area contributed by atoms with Crippen LogP contribution >= 0.6 is 23.1 Å². The Labute approximate surface area is 161 Å². The molecule has 0 radical (unpaired) electrons. The van der Waals surface area contributed by atoms with E-state index in [9.17, 15) is 10.1 Å². The van der Waals surface area contributed by atoms with Crippen molar-refractivity contribution in [3.8, 4) is 6.07 Å². The Morgan fingerprint density at radius 1 is 1.50 bits per heavy atom. The number of hydrogen-bond donors (Lipinski definition) is 1. The van der Waals surface area contributed by atoms with Gasteiger partial charge in [-0.1, -0.05) is 32.5 Å². The van der Waals surface area contributed by atoms with Crippen molar-refractivity contribution in [1.82, 2.24) is 20.2 Å². The van der Waals surface area contributed by atoms with Gasteiger partial charge in [-0.3, -0.25) is 4.79 Å². The molecule has 0 saturated heterocycles. The molecule has 9 heteroatoms. The number of carbonyl (C=O) groups is 1. The maximum absolute atomic E-state index is 12.3. The van der Waals surface area contributed by atoms with Crippen LogP contribution in [0, 0.1) is 22.7 Å². The van der Waals surface area contributed by atoms with Crippen molar-refractivity contribution in [2.24, 2.45) is 18.4 Å². The van der Waals surface area contributed by atoms with E-state index in [0.717, 1.165) is 24.8 Å². The number of fused-ring (bicyclic) bond motifs is 1. The molecule has 26 heavy (non-hydrogen) atoms. The lowest BCUT2D eigenvalue weighted by atomic mass is 9.72. The van der Waals surface area contributed by atoms with Crippen LogP contribution in [0.15, 0.2) is 5.16 Å². The predicted octanol–water partition coefficient (Wildman–Crippen LogP) is 3.03. The second kappa shape index (κ2) is 7.37. The fourth-order valence-corrected chi connectivity index (χ4v) is 5.11. The van der Waals surface area contributed by atoms with Gasteiger partial charge in [0, 0.05) is 11.9 Å². The minimum atomic E-state index is -0.152. The number of anilines is 1. The Kier molecular flexibility index (Phi) is 5.34. The van der Waals surface area contributed by atoms with Gasteiger partial charge in [0.15, 0.2) is 0 Å². The Balaban J connectivity index is 1.71. The van der Waals surface area contributed by atoms with Gasteiger partial charge in [-0.05, 0) is 46.6 Å². The SMILES string of the molecule is Cn1nnnc1SCC(=O)Nc1sc2c(c1C#N)CC[C@H](C(C)(C)C)C2. The quantitative estimate of drug-likeness (QED) is 0.806. The first kappa shape index (κ1) is 18.9. The highest BCUT2D eigenvalue weighted by Gasteiger charge is 2.32. The molecule has 1 aliphatic carbocycles. The molecule has 1 N–H and O–H groups in total. The largest absolute Gasteiger partial charge is 0.316 e. The molecule has 0 fully saturated rings. The van der Waals surface area contributed by atoms with E-state index in [1.807, 2.05) is 0 Å². The number of aryl methyl sites for hydroxylation is 1. The Hall–Kier alpha value is -1.92. The van der Waals surface area contributed by atoms with Crippen LogP contribution in [-0.2, 0) is 24.7 Å². The summed E-state index contributed by atoms with van der Waals surface area (Å²) in [4.78, 5) is 13.6. The molecule has 0 aromatic carbocycles. The molecule has 0 aliphatic heterocycles. The van der Waals surface area contributed by atoms with Crippen molar-refractivity contribution >= 4 is 34.0 Å². The Morgan fingerprint density at radius 2 is 2.27 bits per heavy atom. The average molecular weight is 391 g/mol. The van der Waals surface area contributed by atoms with Gasteiger partial charge in [0.2, 0.25) is 11.1 Å². The van der Waals surface area contributed by atoms with Gasteiger partial charge in [-0.2, -0.15) is 5.26 Å². The number of thiophene rings is 1. The fourth-order valence-electron chi connectivity index (χ4n) is 3.17. The molecular weight excluding hydrogens is 368 g/mol. The van der Waals surface area contributed by atoms with Gasteiger partial charge in [-0.25, -0.2) is 4.68 Å². The summed E-state index contributed by atoms with van der Waals surface area (Å²) >= 11 is 2.82. The number of tetrazole rings is 1. The second-order valence-corrected chi connectivity index (χ2v) is 9.60. The average Bonchev–Trinajstić information content (AvgIpc) is 3.13. The molecule has 1 amide bonds. The molecule has 138 valence electrons. The highest BCUT2D eigenvalue weighted by atomic mass is 32.2. The molecule has 2 aromatic rings. The van der Waals surface area contributed by atoms with Gasteiger partial charge in [0.25, 0.3) is 0 Å². The van der Waals surface area contributed by atoms with Crippen LogP contribution in [0.25, 0.3) is 0 Å². The van der Waals surface area contributed by atoms with Crippen molar-refractivity contribution in [3.63, 3.8) is 0 Å². The lowest BCUT2D eigenvalue weighted by Crippen LogP contribution is -2.26. The van der Waals surface area contributed by atoms with Crippen LogP contribution in [0.3, 0.4) is 0 Å². The smallest absolute Gasteiger partial charge is 0.235 e. The zero-order valence-electron chi connectivity index (χ0n) is 15.4. The van der Waals surface area contributed by atoms with Crippen molar-refractivity contribution in [2.75, 3.05) is 11.1 Å². The van der Waals surface area contributed by atoms with Crippen molar-refractivity contribution in [3.05, 3.63) is 16.0 Å². The Morgan fingerprint density at radius 3 is 2.88 bits per heavy atom. The molecule has 0 bridgehead atoms. The molecule has 1 atom stereocenters. The van der Waals surface area contributed by atoms with Gasteiger partial charge < -0.3 is 5.32 Å². The van der Waals surface area contributed by atoms with Crippen LogP contribution < -0.4 is 5.32 Å². The number of nitriles is 1. The zero-order valence-corrected chi connectivity index (χ0v) is 17.0. The minimum Gasteiger partial charge on any atom is -0.316 e. The van der Waals surface area contributed by atoms with E-state index in [4.69, 9.17) is 0 Å². The summed E-state index contributed by atoms with van der Waals surface area (Å²) in [6.07, 6.45) is 2.98. The molecule has 7 nitrogen and oxygen atoms in total. The van der Waals surface area contributed by atoms with Crippen LogP contribution in [0.4, 0.5) is 5.00 Å². The summed E-state index contributed by atoms with van der Waals surface area (Å²) in [6, 6.07) is 2.29. The predicted molar refractivity (Wildman–Crippen MR) is 102 cm³/mol. The summed E-state index contributed by atoms with van der Waals surface area (Å²) < 4.78 is 1.52. The summed E-state index contributed by atoms with van der Waals surface area (Å²) in [6.45, 7) is 6.80. The topological polar surface area (TPSA) is 96.5 Å². The summed E-state index contributed by atoms with van der Waals surface area (Å²) in [5, 5.41) is 24.9. The number of nitrogens with zero attached hydrogens (tertiary/aromatic N) is 5. The van der Waals surface area contributed by atoms with Gasteiger partial charge in [-0.15, -0.1) is 16.4 Å². The highest BCUT2D eigenvalue weighted by Crippen LogP contribution is 2.44. The Bertz CT molecular complexity index is 858. The molecule has 3 rings (SSSR count). The van der Waals surface area contributed by atoms with Crippen molar-refractivity contribution in [2.45, 2.75) is 45.2 Å². The van der Waals surface area contributed by atoms with Crippen LogP contribution in [0.1, 0.15) is 43.2 Å². The van der Waals surface area contributed by atoms with Crippen LogP contribution in [0.2, 0.25) is 0 Å². The normalized spacial score (nSPS) is 16.8. The molecule has 0 unspecified atom stereocenters. The van der Waals surface area contributed by atoms with Gasteiger partial charge in [0.05, 0.1) is 11.3 Å². The highest BCUT2D eigenvalue weighted by molar-refractivity contribution is 7.99. The van der Waals surface area contributed by atoms with Crippen molar-refractivity contribution < 1.29 is 4.79 Å². The van der Waals surface area contributed by atoms with E-state index < -0.39 is 0 Å². The molecule has 2 heterocycles. The number of aromatic nitrogens is 4. The number of nitrogens with one attached hydrogen (secondary N) is 1. The number of rotatable bonds is 4. The summed E-state index contributed by atoms with van der Waals surface area (Å²) in [5.41, 5.74) is 2.01. The first-order valence-electron chi connectivity index (χ1n) is 8.49. The number of hydrogen-bond acceptors (Lipinski definition) is 7. The van der Waals surface area contributed by atoms with Crippen molar-refractivity contribution in [1.29, 1.82) is 5.26 Å². The molecule has 0 saturated carbocycles. The van der Waals surface area contributed by atoms with E-state index in [2.05, 4.69) is 47.7 Å². The van der Waals surface area contributed by atoms with Crippen LogP contribution in [0.5, 0.6) is 0 Å². The maximum Gasteiger partial charge on any atom is 0.235 e.